The highest BCUT2D eigenvalue weighted by Gasteiger charge is 2.57. The Kier molecular flexibility index (Phi) is 1.90. The van der Waals surface area contributed by atoms with Crippen LogP contribution in [0.5, 0.6) is 0 Å². The number of hydrogen-bond acceptors (Lipinski definition) is 0. The Morgan fingerprint density at radius 2 is 2.00 bits per heavy atom. The highest BCUT2D eigenvalue weighted by Crippen LogP contribution is 2.64. The molecule has 2 rings (SSSR count). The lowest BCUT2D eigenvalue weighted by Crippen LogP contribution is -1.90. The fraction of sp³-hybridized carbons (Fsp3) is 0.818. The Bertz CT molecular complexity index is 186. The predicted molar refractivity (Wildman–Crippen MR) is 50.5 cm³/mol. The van der Waals surface area contributed by atoms with Crippen LogP contribution in [0.1, 0.15) is 41.0 Å². The van der Waals surface area contributed by atoms with Crippen LogP contribution in [0.3, 0.4) is 0 Å². The van der Waals surface area contributed by atoms with Gasteiger partial charge < -0.3 is 0 Å². The molecule has 0 aliphatic heterocycles. The highest BCUT2D eigenvalue weighted by atomic mass is 14.6. The van der Waals surface area contributed by atoms with Crippen LogP contribution in [0, 0.1) is 17.3 Å². The SMILES string of the molecule is C.CC1=CCC2C(C1)C2(C)C. The minimum absolute atomic E-state index is 0. The molecule has 0 aromatic carbocycles. The standard InChI is InChI=1S/C10H16.CH4/c1-7-4-5-8-9(6-7)10(8,2)3;/h4,8-9H,5-6H2,1-3H3;1H4. The van der Waals surface area contributed by atoms with Crippen LogP contribution in [-0.4, -0.2) is 0 Å². The molecule has 0 N–H and O–H groups in total. The van der Waals surface area contributed by atoms with Crippen molar-refractivity contribution in [1.82, 2.24) is 0 Å². The fourth-order valence-corrected chi connectivity index (χ4v) is 2.49. The van der Waals surface area contributed by atoms with Crippen molar-refractivity contribution in [1.29, 1.82) is 0 Å². The molecular formula is C11H20. The van der Waals surface area contributed by atoms with Gasteiger partial charge >= 0.3 is 0 Å². The van der Waals surface area contributed by atoms with Gasteiger partial charge in [-0.25, -0.2) is 0 Å². The second kappa shape index (κ2) is 2.36. The summed E-state index contributed by atoms with van der Waals surface area (Å²) in [6.45, 7) is 7.09. The van der Waals surface area contributed by atoms with Crippen molar-refractivity contribution in [3.8, 4) is 0 Å². The first-order valence-electron chi connectivity index (χ1n) is 4.28. The molecule has 0 heterocycles. The van der Waals surface area contributed by atoms with E-state index in [1.165, 1.54) is 12.8 Å². The molecule has 0 aromatic heterocycles. The van der Waals surface area contributed by atoms with Crippen LogP contribution < -0.4 is 0 Å². The first-order chi connectivity index (χ1) is 4.62. The average molecular weight is 152 g/mol. The molecule has 1 saturated carbocycles. The number of hydrogen-bond donors (Lipinski definition) is 0. The van der Waals surface area contributed by atoms with E-state index in [1.807, 2.05) is 0 Å². The zero-order valence-corrected chi connectivity index (χ0v) is 7.15. The molecule has 1 fully saturated rings. The lowest BCUT2D eigenvalue weighted by Gasteiger charge is -2.05. The molecule has 2 atom stereocenters. The van der Waals surface area contributed by atoms with E-state index < -0.39 is 0 Å². The van der Waals surface area contributed by atoms with Gasteiger partial charge in [0.15, 0.2) is 0 Å². The van der Waals surface area contributed by atoms with Crippen LogP contribution in [-0.2, 0) is 0 Å². The summed E-state index contributed by atoms with van der Waals surface area (Å²) in [6, 6.07) is 0. The number of fused-ring (bicyclic) bond motifs is 1. The summed E-state index contributed by atoms with van der Waals surface area (Å²) in [4.78, 5) is 0. The first kappa shape index (κ1) is 8.83. The minimum atomic E-state index is 0. The van der Waals surface area contributed by atoms with Gasteiger partial charge in [-0.1, -0.05) is 32.9 Å². The molecule has 0 saturated heterocycles. The molecular weight excluding hydrogens is 132 g/mol. The Labute approximate surface area is 70.7 Å². The minimum Gasteiger partial charge on any atom is -0.0853 e. The Hall–Kier alpha value is -0.260. The van der Waals surface area contributed by atoms with Gasteiger partial charge in [-0.05, 0) is 37.0 Å². The Balaban J connectivity index is 0.000000605. The molecule has 11 heavy (non-hydrogen) atoms. The van der Waals surface area contributed by atoms with E-state index >= 15 is 0 Å². The smallest absolute Gasteiger partial charge is 0.0286 e. The summed E-state index contributed by atoms with van der Waals surface area (Å²) in [5.41, 5.74) is 2.29. The summed E-state index contributed by atoms with van der Waals surface area (Å²) < 4.78 is 0. The van der Waals surface area contributed by atoms with Crippen LogP contribution in [0.15, 0.2) is 11.6 Å². The maximum atomic E-state index is 2.43. The second-order valence-corrected chi connectivity index (χ2v) is 4.52. The van der Waals surface area contributed by atoms with E-state index in [4.69, 9.17) is 0 Å². The molecule has 0 spiro atoms. The van der Waals surface area contributed by atoms with Crippen molar-refractivity contribution in [3.63, 3.8) is 0 Å². The summed E-state index contributed by atoms with van der Waals surface area (Å²) >= 11 is 0. The molecule has 0 nitrogen and oxygen atoms in total. The van der Waals surface area contributed by atoms with E-state index in [0.717, 1.165) is 11.8 Å². The Morgan fingerprint density at radius 3 is 2.45 bits per heavy atom. The third-order valence-electron chi connectivity index (χ3n) is 3.55. The second-order valence-electron chi connectivity index (χ2n) is 4.52. The molecule has 0 heteroatoms. The molecule has 0 radical (unpaired) electrons. The Morgan fingerprint density at radius 1 is 1.36 bits per heavy atom. The van der Waals surface area contributed by atoms with E-state index in [0.29, 0.717) is 5.41 Å². The van der Waals surface area contributed by atoms with Crippen molar-refractivity contribution in [2.75, 3.05) is 0 Å². The maximum Gasteiger partial charge on any atom is -0.0286 e. The van der Waals surface area contributed by atoms with Crippen LogP contribution in [0.4, 0.5) is 0 Å². The number of allylic oxidation sites excluding steroid dienone is 2. The molecule has 0 aromatic rings. The van der Waals surface area contributed by atoms with Gasteiger partial charge in [0.1, 0.15) is 0 Å². The van der Waals surface area contributed by atoms with Gasteiger partial charge in [0.25, 0.3) is 0 Å². The third kappa shape index (κ3) is 1.13. The van der Waals surface area contributed by atoms with Gasteiger partial charge in [0.05, 0.1) is 0 Å². The van der Waals surface area contributed by atoms with Crippen molar-refractivity contribution in [2.45, 2.75) is 41.0 Å². The lowest BCUT2D eigenvalue weighted by molar-refractivity contribution is 0.542. The van der Waals surface area contributed by atoms with E-state index in [1.54, 1.807) is 5.57 Å². The van der Waals surface area contributed by atoms with Crippen LogP contribution >= 0.6 is 0 Å². The van der Waals surface area contributed by atoms with Crippen molar-refractivity contribution in [2.24, 2.45) is 17.3 Å². The van der Waals surface area contributed by atoms with Crippen molar-refractivity contribution < 1.29 is 0 Å². The molecule has 0 bridgehead atoms. The van der Waals surface area contributed by atoms with Crippen LogP contribution in [0.2, 0.25) is 0 Å². The largest absolute Gasteiger partial charge is 0.0853 e. The van der Waals surface area contributed by atoms with Gasteiger partial charge in [0, 0.05) is 0 Å². The normalized spacial score (nSPS) is 38.3. The summed E-state index contributed by atoms with van der Waals surface area (Å²) in [6.07, 6.45) is 5.15. The first-order valence-corrected chi connectivity index (χ1v) is 4.28. The predicted octanol–water partition coefficient (Wildman–Crippen LogP) is 3.63. The quantitative estimate of drug-likeness (QED) is 0.465. The maximum absolute atomic E-state index is 2.43. The van der Waals surface area contributed by atoms with Crippen LogP contribution in [0.25, 0.3) is 0 Å². The molecule has 2 aliphatic carbocycles. The van der Waals surface area contributed by atoms with E-state index in [-0.39, 0.29) is 7.43 Å². The zero-order chi connectivity index (χ0) is 7.35. The monoisotopic (exact) mass is 152 g/mol. The lowest BCUT2D eigenvalue weighted by atomic mass is 10.0. The molecule has 0 amide bonds. The summed E-state index contributed by atoms with van der Waals surface area (Å²) in [5.74, 6) is 2.05. The van der Waals surface area contributed by atoms with Gasteiger partial charge in [0.2, 0.25) is 0 Å². The summed E-state index contributed by atoms with van der Waals surface area (Å²) in [7, 11) is 0. The summed E-state index contributed by atoms with van der Waals surface area (Å²) in [5, 5.41) is 0. The van der Waals surface area contributed by atoms with Gasteiger partial charge in [-0.2, -0.15) is 0 Å². The van der Waals surface area contributed by atoms with Gasteiger partial charge in [-0.15, -0.1) is 0 Å². The van der Waals surface area contributed by atoms with E-state index in [9.17, 15) is 0 Å². The fourth-order valence-electron chi connectivity index (χ4n) is 2.49. The van der Waals surface area contributed by atoms with Gasteiger partial charge in [-0.3, -0.25) is 0 Å². The van der Waals surface area contributed by atoms with E-state index in [2.05, 4.69) is 26.8 Å². The molecule has 64 valence electrons. The molecule has 2 unspecified atom stereocenters. The molecule has 2 aliphatic rings. The van der Waals surface area contributed by atoms with Crippen molar-refractivity contribution >= 4 is 0 Å². The zero-order valence-electron chi connectivity index (χ0n) is 7.15. The average Bonchev–Trinajstić information content (AvgIpc) is 2.36. The van der Waals surface area contributed by atoms with Crippen molar-refractivity contribution in [3.05, 3.63) is 11.6 Å². The highest BCUT2D eigenvalue weighted by molar-refractivity contribution is 5.18. The topological polar surface area (TPSA) is 0 Å². The number of rotatable bonds is 0. The third-order valence-corrected chi connectivity index (χ3v) is 3.55.